The molecule has 0 saturated heterocycles. The summed E-state index contributed by atoms with van der Waals surface area (Å²) in [6.45, 7) is 6.69. The Labute approximate surface area is 109 Å². The number of benzene rings is 1. The van der Waals surface area contributed by atoms with Crippen molar-refractivity contribution in [3.05, 3.63) is 35.4 Å². The van der Waals surface area contributed by atoms with E-state index < -0.39 is 0 Å². The molecule has 1 N–H and O–H groups in total. The van der Waals surface area contributed by atoms with Gasteiger partial charge in [-0.15, -0.1) is 0 Å². The van der Waals surface area contributed by atoms with Crippen molar-refractivity contribution in [1.82, 2.24) is 5.32 Å². The number of hydrogen-bond acceptors (Lipinski definition) is 2. The summed E-state index contributed by atoms with van der Waals surface area (Å²) in [5, 5.41) is 2.67. The SMILES string of the molecule is CCc1ccc(CNC(=O)C(S)C(C)C)cc1. The summed E-state index contributed by atoms with van der Waals surface area (Å²) in [7, 11) is 0. The maximum Gasteiger partial charge on any atom is 0.233 e. The molecule has 1 rings (SSSR count). The quantitative estimate of drug-likeness (QED) is 0.774. The molecule has 0 heterocycles. The summed E-state index contributed by atoms with van der Waals surface area (Å²) < 4.78 is 0. The molecular formula is C14H21NOS. The molecule has 2 nitrogen and oxygen atoms in total. The molecule has 1 aromatic carbocycles. The Bertz CT molecular complexity index is 359. The van der Waals surface area contributed by atoms with Crippen LogP contribution >= 0.6 is 12.6 Å². The highest BCUT2D eigenvalue weighted by Gasteiger charge is 2.16. The Hall–Kier alpha value is -0.960. The van der Waals surface area contributed by atoms with Crippen LogP contribution < -0.4 is 5.32 Å². The van der Waals surface area contributed by atoms with Gasteiger partial charge >= 0.3 is 0 Å². The zero-order chi connectivity index (χ0) is 12.8. The Morgan fingerprint density at radius 1 is 1.24 bits per heavy atom. The molecule has 17 heavy (non-hydrogen) atoms. The summed E-state index contributed by atoms with van der Waals surface area (Å²) in [6, 6.07) is 8.31. The molecule has 0 bridgehead atoms. The summed E-state index contributed by atoms with van der Waals surface area (Å²) in [4.78, 5) is 11.7. The van der Waals surface area contributed by atoms with E-state index in [1.54, 1.807) is 0 Å². The first-order chi connectivity index (χ1) is 8.04. The van der Waals surface area contributed by atoms with E-state index in [4.69, 9.17) is 0 Å². The average molecular weight is 251 g/mol. The van der Waals surface area contributed by atoms with Gasteiger partial charge < -0.3 is 5.32 Å². The number of amides is 1. The summed E-state index contributed by atoms with van der Waals surface area (Å²) >= 11 is 4.29. The van der Waals surface area contributed by atoms with E-state index in [-0.39, 0.29) is 17.1 Å². The van der Waals surface area contributed by atoms with E-state index in [1.807, 2.05) is 13.8 Å². The van der Waals surface area contributed by atoms with Crippen molar-refractivity contribution in [3.63, 3.8) is 0 Å². The van der Waals surface area contributed by atoms with Gasteiger partial charge in [0.15, 0.2) is 0 Å². The molecular weight excluding hydrogens is 230 g/mol. The largest absolute Gasteiger partial charge is 0.351 e. The van der Waals surface area contributed by atoms with Gasteiger partial charge in [0.2, 0.25) is 5.91 Å². The molecule has 0 saturated carbocycles. The lowest BCUT2D eigenvalue weighted by Gasteiger charge is -2.14. The van der Waals surface area contributed by atoms with E-state index >= 15 is 0 Å². The lowest BCUT2D eigenvalue weighted by atomic mass is 10.1. The number of carbonyl (C=O) groups excluding carboxylic acids is 1. The zero-order valence-electron chi connectivity index (χ0n) is 10.7. The molecule has 0 aliphatic carbocycles. The van der Waals surface area contributed by atoms with Crippen LogP contribution in [0.4, 0.5) is 0 Å². The molecule has 0 spiro atoms. The van der Waals surface area contributed by atoms with E-state index in [2.05, 4.69) is 49.1 Å². The summed E-state index contributed by atoms with van der Waals surface area (Å²) in [5.41, 5.74) is 2.44. The van der Waals surface area contributed by atoms with E-state index in [1.165, 1.54) is 5.56 Å². The monoisotopic (exact) mass is 251 g/mol. The Kier molecular flexibility index (Phi) is 5.56. The highest BCUT2D eigenvalue weighted by molar-refractivity contribution is 7.81. The van der Waals surface area contributed by atoms with Crippen LogP contribution in [0.3, 0.4) is 0 Å². The van der Waals surface area contributed by atoms with Crippen LogP contribution in [0, 0.1) is 5.92 Å². The molecule has 0 aliphatic heterocycles. The highest BCUT2D eigenvalue weighted by Crippen LogP contribution is 2.09. The van der Waals surface area contributed by atoms with Gasteiger partial charge in [0.05, 0.1) is 5.25 Å². The molecule has 1 aromatic rings. The predicted octanol–water partition coefficient (Wildman–Crippen LogP) is 2.82. The first-order valence-corrected chi connectivity index (χ1v) is 6.59. The molecule has 0 aromatic heterocycles. The highest BCUT2D eigenvalue weighted by atomic mass is 32.1. The van der Waals surface area contributed by atoms with Crippen molar-refractivity contribution in [2.45, 2.75) is 39.0 Å². The minimum atomic E-state index is -0.232. The molecule has 0 aliphatic rings. The van der Waals surface area contributed by atoms with Crippen LogP contribution in [-0.2, 0) is 17.8 Å². The molecule has 0 fully saturated rings. The van der Waals surface area contributed by atoms with Gasteiger partial charge in [-0.2, -0.15) is 12.6 Å². The van der Waals surface area contributed by atoms with Crippen LogP contribution in [-0.4, -0.2) is 11.2 Å². The van der Waals surface area contributed by atoms with Crippen molar-refractivity contribution in [2.24, 2.45) is 5.92 Å². The molecule has 1 atom stereocenters. The van der Waals surface area contributed by atoms with Crippen LogP contribution in [0.15, 0.2) is 24.3 Å². The van der Waals surface area contributed by atoms with Crippen molar-refractivity contribution in [2.75, 3.05) is 0 Å². The summed E-state index contributed by atoms with van der Waals surface area (Å²) in [6.07, 6.45) is 1.04. The fourth-order valence-electron chi connectivity index (χ4n) is 1.49. The van der Waals surface area contributed by atoms with Gasteiger partial charge in [-0.1, -0.05) is 45.0 Å². The average Bonchev–Trinajstić information content (AvgIpc) is 2.35. The second-order valence-corrected chi connectivity index (χ2v) is 5.13. The van der Waals surface area contributed by atoms with Crippen LogP contribution in [0.25, 0.3) is 0 Å². The van der Waals surface area contributed by atoms with Gasteiger partial charge in [0.1, 0.15) is 0 Å². The number of aryl methyl sites for hydroxylation is 1. The van der Waals surface area contributed by atoms with E-state index in [0.717, 1.165) is 12.0 Å². The second kappa shape index (κ2) is 6.70. The third-order valence-corrected chi connectivity index (χ3v) is 3.63. The number of rotatable bonds is 5. The van der Waals surface area contributed by atoms with Crippen molar-refractivity contribution >= 4 is 18.5 Å². The number of carbonyl (C=O) groups is 1. The minimum absolute atomic E-state index is 0.00269. The lowest BCUT2D eigenvalue weighted by Crippen LogP contribution is -2.33. The third-order valence-electron chi connectivity index (χ3n) is 2.80. The molecule has 1 unspecified atom stereocenters. The number of nitrogens with one attached hydrogen (secondary N) is 1. The first-order valence-electron chi connectivity index (χ1n) is 6.08. The molecule has 94 valence electrons. The van der Waals surface area contributed by atoms with Crippen molar-refractivity contribution in [1.29, 1.82) is 0 Å². The topological polar surface area (TPSA) is 29.1 Å². The molecule has 0 radical (unpaired) electrons. The Balaban J connectivity index is 2.47. The van der Waals surface area contributed by atoms with Crippen LogP contribution in [0.1, 0.15) is 31.9 Å². The van der Waals surface area contributed by atoms with Crippen molar-refractivity contribution < 1.29 is 4.79 Å². The molecule has 3 heteroatoms. The second-order valence-electron chi connectivity index (χ2n) is 4.58. The van der Waals surface area contributed by atoms with Gasteiger partial charge in [-0.05, 0) is 23.5 Å². The van der Waals surface area contributed by atoms with Gasteiger partial charge in [-0.25, -0.2) is 0 Å². The lowest BCUT2D eigenvalue weighted by molar-refractivity contribution is -0.121. The fourth-order valence-corrected chi connectivity index (χ4v) is 1.58. The van der Waals surface area contributed by atoms with Gasteiger partial charge in [-0.3, -0.25) is 4.79 Å². The third kappa shape index (κ3) is 4.43. The Morgan fingerprint density at radius 2 is 1.76 bits per heavy atom. The zero-order valence-corrected chi connectivity index (χ0v) is 11.6. The van der Waals surface area contributed by atoms with Gasteiger partial charge in [0, 0.05) is 6.54 Å². The van der Waals surface area contributed by atoms with Gasteiger partial charge in [0.25, 0.3) is 0 Å². The van der Waals surface area contributed by atoms with Crippen LogP contribution in [0.5, 0.6) is 0 Å². The smallest absolute Gasteiger partial charge is 0.233 e. The predicted molar refractivity (Wildman–Crippen MR) is 75.3 cm³/mol. The van der Waals surface area contributed by atoms with E-state index in [9.17, 15) is 4.79 Å². The number of hydrogen-bond donors (Lipinski definition) is 2. The fraction of sp³-hybridized carbons (Fsp3) is 0.500. The minimum Gasteiger partial charge on any atom is -0.351 e. The number of thiol groups is 1. The van der Waals surface area contributed by atoms with E-state index in [0.29, 0.717) is 6.54 Å². The van der Waals surface area contributed by atoms with Crippen molar-refractivity contribution in [3.8, 4) is 0 Å². The first kappa shape index (κ1) is 14.1. The normalized spacial score (nSPS) is 12.5. The maximum atomic E-state index is 11.7. The summed E-state index contributed by atoms with van der Waals surface area (Å²) in [5.74, 6) is 0.253. The maximum absolute atomic E-state index is 11.7. The van der Waals surface area contributed by atoms with Crippen LogP contribution in [0.2, 0.25) is 0 Å². The molecule has 1 amide bonds. The standard InChI is InChI=1S/C14H21NOS/c1-4-11-5-7-12(8-6-11)9-15-14(16)13(17)10(2)3/h5-8,10,13,17H,4,9H2,1-3H3,(H,15,16). The Morgan fingerprint density at radius 3 is 2.24 bits per heavy atom.